The Morgan fingerprint density at radius 3 is 2.32 bits per heavy atom. The molecule has 19 heavy (non-hydrogen) atoms. The first kappa shape index (κ1) is 16.2. The highest BCUT2D eigenvalue weighted by atomic mass is 14.9. The molecule has 0 aliphatic heterocycles. The first-order chi connectivity index (χ1) is 9.21. The molecule has 0 spiro atoms. The molecule has 0 saturated carbocycles. The Bertz CT molecular complexity index is 328. The number of rotatable bonds is 9. The van der Waals surface area contributed by atoms with E-state index in [1.807, 2.05) is 0 Å². The lowest BCUT2D eigenvalue weighted by atomic mass is 9.97. The molecule has 0 aliphatic carbocycles. The molecule has 0 bridgehead atoms. The molecule has 0 aromatic heterocycles. The Kier molecular flexibility index (Phi) is 7.76. The number of nitrogens with two attached hydrogens (primary N) is 1. The molecule has 1 rings (SSSR count). The van der Waals surface area contributed by atoms with E-state index in [0.717, 1.165) is 32.5 Å². The first-order valence-electron chi connectivity index (χ1n) is 7.70. The van der Waals surface area contributed by atoms with Crippen molar-refractivity contribution in [3.05, 3.63) is 35.4 Å². The molecule has 108 valence electrons. The van der Waals surface area contributed by atoms with E-state index in [2.05, 4.69) is 50.4 Å². The molecule has 0 radical (unpaired) electrons. The lowest BCUT2D eigenvalue weighted by Gasteiger charge is -2.13. The second-order valence-corrected chi connectivity index (χ2v) is 5.51. The van der Waals surface area contributed by atoms with Crippen molar-refractivity contribution in [1.82, 2.24) is 5.32 Å². The third-order valence-electron chi connectivity index (χ3n) is 4.10. The summed E-state index contributed by atoms with van der Waals surface area (Å²) in [6.45, 7) is 9.59. The molecular formula is C17H30N2. The van der Waals surface area contributed by atoms with E-state index in [9.17, 15) is 0 Å². The van der Waals surface area contributed by atoms with E-state index in [1.165, 1.54) is 17.5 Å². The third kappa shape index (κ3) is 5.75. The maximum atomic E-state index is 5.69. The Morgan fingerprint density at radius 2 is 1.79 bits per heavy atom. The summed E-state index contributed by atoms with van der Waals surface area (Å²) in [5, 5.41) is 3.50. The van der Waals surface area contributed by atoms with Gasteiger partial charge < -0.3 is 11.1 Å². The molecule has 2 nitrogen and oxygen atoms in total. The molecular weight excluding hydrogens is 232 g/mol. The lowest BCUT2D eigenvalue weighted by molar-refractivity contribution is 0.474. The van der Waals surface area contributed by atoms with Crippen molar-refractivity contribution >= 4 is 0 Å². The summed E-state index contributed by atoms with van der Waals surface area (Å²) in [5.74, 6) is 1.29. The number of nitrogens with one attached hydrogen (secondary N) is 1. The topological polar surface area (TPSA) is 38.0 Å². The molecule has 2 heteroatoms. The van der Waals surface area contributed by atoms with Crippen molar-refractivity contribution in [2.75, 3.05) is 19.6 Å². The Labute approximate surface area is 118 Å². The van der Waals surface area contributed by atoms with Gasteiger partial charge in [-0.25, -0.2) is 0 Å². The molecule has 3 N–H and O–H groups in total. The van der Waals surface area contributed by atoms with Crippen LogP contribution in [0.5, 0.6) is 0 Å². The SMILES string of the molecule is CCC(CN)CNCCc1ccc(C(C)CC)cc1. The summed E-state index contributed by atoms with van der Waals surface area (Å²) in [6, 6.07) is 9.09. The van der Waals surface area contributed by atoms with Crippen LogP contribution < -0.4 is 11.1 Å². The molecule has 0 aliphatic rings. The number of hydrogen-bond donors (Lipinski definition) is 2. The van der Waals surface area contributed by atoms with Crippen molar-refractivity contribution in [2.45, 2.75) is 46.0 Å². The highest BCUT2D eigenvalue weighted by Crippen LogP contribution is 2.18. The largest absolute Gasteiger partial charge is 0.330 e. The monoisotopic (exact) mass is 262 g/mol. The summed E-state index contributed by atoms with van der Waals surface area (Å²) in [6.07, 6.45) is 3.47. The Morgan fingerprint density at radius 1 is 1.11 bits per heavy atom. The van der Waals surface area contributed by atoms with Gasteiger partial charge in [0.05, 0.1) is 0 Å². The van der Waals surface area contributed by atoms with Crippen LogP contribution in [0.25, 0.3) is 0 Å². The molecule has 0 saturated heterocycles. The van der Waals surface area contributed by atoms with Gasteiger partial charge in [-0.05, 0) is 55.4 Å². The highest BCUT2D eigenvalue weighted by Gasteiger charge is 2.04. The van der Waals surface area contributed by atoms with E-state index >= 15 is 0 Å². The summed E-state index contributed by atoms with van der Waals surface area (Å²) < 4.78 is 0. The maximum Gasteiger partial charge on any atom is -0.000823 e. The standard InChI is InChI=1S/C17H30N2/c1-4-14(3)17-8-6-16(7-9-17)10-11-19-13-15(5-2)12-18/h6-9,14-15,19H,4-5,10-13,18H2,1-3H3. The number of benzene rings is 1. The van der Waals surface area contributed by atoms with Crippen LogP contribution in [0.3, 0.4) is 0 Å². The molecule has 0 amide bonds. The average Bonchev–Trinajstić information content (AvgIpc) is 2.47. The van der Waals surface area contributed by atoms with Gasteiger partial charge in [-0.3, -0.25) is 0 Å². The zero-order chi connectivity index (χ0) is 14.1. The van der Waals surface area contributed by atoms with Crippen LogP contribution in [-0.4, -0.2) is 19.6 Å². The zero-order valence-electron chi connectivity index (χ0n) is 12.8. The molecule has 2 atom stereocenters. The average molecular weight is 262 g/mol. The smallest absolute Gasteiger partial charge is 0.000823 e. The van der Waals surface area contributed by atoms with Crippen molar-refractivity contribution in [3.63, 3.8) is 0 Å². The molecule has 0 fully saturated rings. The van der Waals surface area contributed by atoms with Crippen LogP contribution in [0.1, 0.15) is 50.7 Å². The van der Waals surface area contributed by atoms with Gasteiger partial charge in [0.15, 0.2) is 0 Å². The van der Waals surface area contributed by atoms with Crippen LogP contribution >= 0.6 is 0 Å². The summed E-state index contributed by atoms with van der Waals surface area (Å²) in [5.41, 5.74) is 8.56. The van der Waals surface area contributed by atoms with E-state index < -0.39 is 0 Å². The van der Waals surface area contributed by atoms with E-state index in [4.69, 9.17) is 5.73 Å². The van der Waals surface area contributed by atoms with Crippen molar-refractivity contribution < 1.29 is 0 Å². The van der Waals surface area contributed by atoms with Gasteiger partial charge in [-0.1, -0.05) is 51.5 Å². The minimum absolute atomic E-state index is 0.618. The van der Waals surface area contributed by atoms with Crippen LogP contribution in [0.15, 0.2) is 24.3 Å². The van der Waals surface area contributed by atoms with Crippen molar-refractivity contribution in [3.8, 4) is 0 Å². The predicted octanol–water partition coefficient (Wildman–Crippen LogP) is 3.32. The van der Waals surface area contributed by atoms with Gasteiger partial charge >= 0.3 is 0 Å². The Balaban J connectivity index is 2.30. The number of hydrogen-bond acceptors (Lipinski definition) is 2. The van der Waals surface area contributed by atoms with Crippen LogP contribution in [-0.2, 0) is 6.42 Å². The van der Waals surface area contributed by atoms with Gasteiger partial charge in [0.25, 0.3) is 0 Å². The van der Waals surface area contributed by atoms with Gasteiger partial charge in [0.2, 0.25) is 0 Å². The fraction of sp³-hybridized carbons (Fsp3) is 0.647. The molecule has 1 aromatic rings. The minimum Gasteiger partial charge on any atom is -0.330 e. The molecule has 1 aromatic carbocycles. The van der Waals surface area contributed by atoms with Gasteiger partial charge in [-0.2, -0.15) is 0 Å². The normalized spacial score (nSPS) is 14.3. The zero-order valence-corrected chi connectivity index (χ0v) is 12.8. The summed E-state index contributed by atoms with van der Waals surface area (Å²) in [7, 11) is 0. The minimum atomic E-state index is 0.618. The molecule has 2 unspecified atom stereocenters. The Hall–Kier alpha value is -0.860. The highest BCUT2D eigenvalue weighted by molar-refractivity contribution is 5.25. The van der Waals surface area contributed by atoms with Crippen LogP contribution in [0.4, 0.5) is 0 Å². The van der Waals surface area contributed by atoms with Gasteiger partial charge in [-0.15, -0.1) is 0 Å². The summed E-state index contributed by atoms with van der Waals surface area (Å²) >= 11 is 0. The summed E-state index contributed by atoms with van der Waals surface area (Å²) in [4.78, 5) is 0. The fourth-order valence-corrected chi connectivity index (χ4v) is 2.18. The maximum absolute atomic E-state index is 5.69. The quantitative estimate of drug-likeness (QED) is 0.670. The van der Waals surface area contributed by atoms with Crippen LogP contribution in [0.2, 0.25) is 0 Å². The van der Waals surface area contributed by atoms with E-state index in [1.54, 1.807) is 0 Å². The predicted molar refractivity (Wildman–Crippen MR) is 84.6 cm³/mol. The first-order valence-corrected chi connectivity index (χ1v) is 7.70. The van der Waals surface area contributed by atoms with Crippen molar-refractivity contribution in [2.24, 2.45) is 11.7 Å². The van der Waals surface area contributed by atoms with E-state index in [0.29, 0.717) is 11.8 Å². The lowest BCUT2D eigenvalue weighted by Crippen LogP contribution is -2.29. The van der Waals surface area contributed by atoms with Gasteiger partial charge in [0.1, 0.15) is 0 Å². The molecule has 0 heterocycles. The van der Waals surface area contributed by atoms with E-state index in [-0.39, 0.29) is 0 Å². The van der Waals surface area contributed by atoms with Crippen molar-refractivity contribution in [1.29, 1.82) is 0 Å². The second-order valence-electron chi connectivity index (χ2n) is 5.51. The third-order valence-corrected chi connectivity index (χ3v) is 4.10. The van der Waals surface area contributed by atoms with Gasteiger partial charge in [0, 0.05) is 0 Å². The second kappa shape index (κ2) is 9.11. The fourth-order valence-electron chi connectivity index (χ4n) is 2.18. The van der Waals surface area contributed by atoms with Crippen LogP contribution in [0, 0.1) is 5.92 Å².